The molecule has 0 fully saturated rings. The minimum Gasteiger partial charge on any atom is -0.491 e. The van der Waals surface area contributed by atoms with Gasteiger partial charge in [-0.25, -0.2) is 4.99 Å². The second kappa shape index (κ2) is 13.4. The molecule has 1 aromatic heterocycles. The van der Waals surface area contributed by atoms with Crippen LogP contribution in [0.4, 0.5) is 0 Å². The van der Waals surface area contributed by atoms with E-state index < -0.39 is 6.10 Å². The van der Waals surface area contributed by atoms with Crippen molar-refractivity contribution >= 4 is 29.9 Å². The smallest absolute Gasteiger partial charge is 0.191 e. The first-order chi connectivity index (χ1) is 13.9. The maximum Gasteiger partial charge on any atom is 0.191 e. The topological polar surface area (TPSA) is 96.6 Å². The van der Waals surface area contributed by atoms with E-state index in [9.17, 15) is 5.11 Å². The molecule has 1 aromatic carbocycles. The molecule has 2 rings (SSSR count). The summed E-state index contributed by atoms with van der Waals surface area (Å²) in [6.45, 7) is 9.57. The average molecular weight is 530 g/mol. The van der Waals surface area contributed by atoms with Crippen molar-refractivity contribution in [1.82, 2.24) is 25.4 Å². The van der Waals surface area contributed by atoms with Gasteiger partial charge in [0.2, 0.25) is 0 Å². The van der Waals surface area contributed by atoms with Crippen molar-refractivity contribution in [2.75, 3.05) is 13.1 Å². The van der Waals surface area contributed by atoms with Gasteiger partial charge in [-0.2, -0.15) is 0 Å². The van der Waals surface area contributed by atoms with Gasteiger partial charge in [0.05, 0.1) is 12.2 Å². The Labute approximate surface area is 196 Å². The Balaban J connectivity index is 0.00000450. The van der Waals surface area contributed by atoms with E-state index in [4.69, 9.17) is 4.74 Å². The molecule has 30 heavy (non-hydrogen) atoms. The molecule has 0 aliphatic rings. The third-order valence-electron chi connectivity index (χ3n) is 4.46. The number of aliphatic imine (C=N–C) groups is 1. The van der Waals surface area contributed by atoms with E-state index >= 15 is 0 Å². The Morgan fingerprint density at radius 2 is 2.03 bits per heavy atom. The second-order valence-electron chi connectivity index (χ2n) is 7.30. The summed E-state index contributed by atoms with van der Waals surface area (Å²) in [6.07, 6.45) is 1.54. The SMILES string of the molecule is CCCCNC(=NCc1nnc(C)n1C)NCC(O)c1cccc(OC(C)C)c1.I. The molecule has 9 heteroatoms. The number of halogens is 1. The number of aliphatic hydroxyl groups excluding tert-OH is 1. The number of aromatic nitrogens is 3. The van der Waals surface area contributed by atoms with E-state index in [1.54, 1.807) is 0 Å². The molecule has 3 N–H and O–H groups in total. The molecule has 0 aliphatic heterocycles. The molecule has 1 unspecified atom stereocenters. The molecule has 1 atom stereocenters. The van der Waals surface area contributed by atoms with Crippen molar-refractivity contribution < 1.29 is 9.84 Å². The summed E-state index contributed by atoms with van der Waals surface area (Å²) in [4.78, 5) is 4.60. The molecule has 2 aromatic rings. The molecule has 8 nitrogen and oxygen atoms in total. The molecule has 0 saturated heterocycles. The minimum atomic E-state index is -0.680. The zero-order valence-electron chi connectivity index (χ0n) is 18.6. The van der Waals surface area contributed by atoms with Crippen LogP contribution in [0.5, 0.6) is 5.75 Å². The van der Waals surface area contributed by atoms with Crippen LogP contribution in [-0.4, -0.2) is 45.0 Å². The van der Waals surface area contributed by atoms with Crippen molar-refractivity contribution in [2.24, 2.45) is 12.0 Å². The Morgan fingerprint density at radius 3 is 2.67 bits per heavy atom. The van der Waals surface area contributed by atoms with Crippen LogP contribution in [0.15, 0.2) is 29.3 Å². The number of ether oxygens (including phenoxy) is 1. The highest BCUT2D eigenvalue weighted by atomic mass is 127. The Bertz CT molecular complexity index is 794. The van der Waals surface area contributed by atoms with Crippen molar-refractivity contribution in [3.05, 3.63) is 41.5 Å². The van der Waals surface area contributed by atoms with Crippen LogP contribution in [0.3, 0.4) is 0 Å². The van der Waals surface area contributed by atoms with E-state index in [0.29, 0.717) is 19.0 Å². The van der Waals surface area contributed by atoms with Gasteiger partial charge in [-0.05, 0) is 44.9 Å². The Hall–Kier alpha value is -1.88. The molecule has 0 radical (unpaired) electrons. The molecule has 0 saturated carbocycles. The lowest BCUT2D eigenvalue weighted by atomic mass is 10.1. The third-order valence-corrected chi connectivity index (χ3v) is 4.46. The molecule has 0 amide bonds. The van der Waals surface area contributed by atoms with Crippen molar-refractivity contribution in [2.45, 2.75) is 59.3 Å². The lowest BCUT2D eigenvalue weighted by Crippen LogP contribution is -2.40. The Morgan fingerprint density at radius 1 is 1.27 bits per heavy atom. The van der Waals surface area contributed by atoms with E-state index in [1.165, 1.54) is 0 Å². The number of guanidine groups is 1. The summed E-state index contributed by atoms with van der Waals surface area (Å²) < 4.78 is 7.63. The maximum absolute atomic E-state index is 10.6. The number of aryl methyl sites for hydroxylation is 1. The first-order valence-electron chi connectivity index (χ1n) is 10.2. The highest BCUT2D eigenvalue weighted by molar-refractivity contribution is 14.0. The van der Waals surface area contributed by atoms with Gasteiger partial charge in [0.15, 0.2) is 11.8 Å². The third kappa shape index (κ3) is 8.47. The number of benzene rings is 1. The molecule has 0 bridgehead atoms. The van der Waals surface area contributed by atoms with Crippen LogP contribution in [0, 0.1) is 6.92 Å². The first-order valence-corrected chi connectivity index (χ1v) is 10.2. The number of nitrogens with zero attached hydrogens (tertiary/aromatic N) is 4. The van der Waals surface area contributed by atoms with Gasteiger partial charge in [0, 0.05) is 20.1 Å². The minimum absolute atomic E-state index is 0. The molecule has 0 spiro atoms. The maximum atomic E-state index is 10.6. The van der Waals surface area contributed by atoms with Crippen molar-refractivity contribution in [3.8, 4) is 5.75 Å². The molecule has 168 valence electrons. The molecular weight excluding hydrogens is 495 g/mol. The van der Waals surface area contributed by atoms with Crippen LogP contribution >= 0.6 is 24.0 Å². The van der Waals surface area contributed by atoms with E-state index in [2.05, 4.69) is 32.7 Å². The zero-order valence-corrected chi connectivity index (χ0v) is 20.9. The van der Waals surface area contributed by atoms with Gasteiger partial charge in [-0.15, -0.1) is 34.2 Å². The number of nitrogens with one attached hydrogen (secondary N) is 2. The highest BCUT2D eigenvalue weighted by Gasteiger charge is 2.11. The zero-order chi connectivity index (χ0) is 21.2. The summed E-state index contributed by atoms with van der Waals surface area (Å²) in [6, 6.07) is 7.55. The van der Waals surface area contributed by atoms with Gasteiger partial charge in [0.1, 0.15) is 18.1 Å². The summed E-state index contributed by atoms with van der Waals surface area (Å²) >= 11 is 0. The van der Waals surface area contributed by atoms with Crippen LogP contribution < -0.4 is 15.4 Å². The summed E-state index contributed by atoms with van der Waals surface area (Å²) in [5.41, 5.74) is 0.799. The largest absolute Gasteiger partial charge is 0.491 e. The number of aliphatic hydroxyl groups is 1. The molecule has 1 heterocycles. The van der Waals surface area contributed by atoms with Crippen LogP contribution in [0.25, 0.3) is 0 Å². The van der Waals surface area contributed by atoms with Crippen LogP contribution in [0.2, 0.25) is 0 Å². The summed E-state index contributed by atoms with van der Waals surface area (Å²) in [5.74, 6) is 3.04. The predicted molar refractivity (Wildman–Crippen MR) is 130 cm³/mol. The van der Waals surface area contributed by atoms with Crippen molar-refractivity contribution in [1.29, 1.82) is 0 Å². The monoisotopic (exact) mass is 530 g/mol. The van der Waals surface area contributed by atoms with Crippen molar-refractivity contribution in [3.63, 3.8) is 0 Å². The normalized spacial score (nSPS) is 12.4. The van der Waals surface area contributed by atoms with Gasteiger partial charge in [-0.3, -0.25) is 0 Å². The number of hydrogen-bond donors (Lipinski definition) is 3. The van der Waals surface area contributed by atoms with Gasteiger partial charge >= 0.3 is 0 Å². The van der Waals surface area contributed by atoms with Crippen LogP contribution in [-0.2, 0) is 13.6 Å². The summed E-state index contributed by atoms with van der Waals surface area (Å²) in [5, 5.41) is 25.3. The number of unbranched alkanes of at least 4 members (excludes halogenated alkanes) is 1. The lowest BCUT2D eigenvalue weighted by Gasteiger charge is -2.17. The lowest BCUT2D eigenvalue weighted by molar-refractivity contribution is 0.179. The molecule has 0 aliphatic carbocycles. The standard InChI is InChI=1S/C21H34N6O2.HI/c1-6-7-11-22-21(24-14-20-26-25-16(4)27(20)5)23-13-19(28)17-9-8-10-18(12-17)29-15(2)3;/h8-10,12,15,19,28H,6-7,11,13-14H2,1-5H3,(H2,22,23,24);1H. The fourth-order valence-corrected chi connectivity index (χ4v) is 2.67. The second-order valence-corrected chi connectivity index (χ2v) is 7.30. The quantitative estimate of drug-likeness (QED) is 0.189. The van der Waals surface area contributed by atoms with E-state index in [0.717, 1.165) is 42.3 Å². The first kappa shape index (κ1) is 26.2. The fraction of sp³-hybridized carbons (Fsp3) is 0.571. The van der Waals surface area contributed by atoms with Gasteiger partial charge in [0.25, 0.3) is 0 Å². The van der Waals surface area contributed by atoms with E-state index in [-0.39, 0.29) is 30.1 Å². The Kier molecular flexibility index (Phi) is 11.7. The predicted octanol–water partition coefficient (Wildman–Crippen LogP) is 3.10. The summed E-state index contributed by atoms with van der Waals surface area (Å²) in [7, 11) is 1.92. The van der Waals surface area contributed by atoms with E-state index in [1.807, 2.05) is 56.7 Å². The van der Waals surface area contributed by atoms with Crippen LogP contribution in [0.1, 0.15) is 56.9 Å². The molecular formula is C21H35IN6O2. The number of rotatable bonds is 10. The van der Waals surface area contributed by atoms with Gasteiger partial charge in [-0.1, -0.05) is 25.5 Å². The fourth-order valence-electron chi connectivity index (χ4n) is 2.67. The number of hydrogen-bond acceptors (Lipinski definition) is 5. The average Bonchev–Trinajstić information content (AvgIpc) is 3.01. The van der Waals surface area contributed by atoms with Gasteiger partial charge < -0.3 is 25.0 Å². The highest BCUT2D eigenvalue weighted by Crippen LogP contribution is 2.19.